The molecule has 5 heteroatoms. The lowest BCUT2D eigenvalue weighted by Gasteiger charge is -2.72. The van der Waals surface area contributed by atoms with Gasteiger partial charge in [-0.2, -0.15) is 0 Å². The van der Waals surface area contributed by atoms with Gasteiger partial charge in [0.1, 0.15) is 6.61 Å². The molecule has 0 amide bonds. The summed E-state index contributed by atoms with van der Waals surface area (Å²) in [7, 11) is 0. The van der Waals surface area contributed by atoms with E-state index in [0.717, 1.165) is 48.6 Å². The summed E-state index contributed by atoms with van der Waals surface area (Å²) in [5.74, 6) is 3.65. The fourth-order valence-electron chi connectivity index (χ4n) is 12.1. The number of fused-ring (bicyclic) bond motifs is 7. The SMILES string of the molecule is CC(=O)OC[C@]1(C)/C(=N/OC(C)=O)CC[C@@]2(C)[C@H]1CC[C@]1(C)[C@@H]2CC[C@@H]2[C@H]3[C@H](C(C)C)CC[C@]3(C)CC[C@]21C. The Balaban J connectivity index is 1.51. The van der Waals surface area contributed by atoms with E-state index in [1.165, 1.54) is 58.8 Å². The molecule has 5 nitrogen and oxygen atoms in total. The van der Waals surface area contributed by atoms with E-state index in [4.69, 9.17) is 9.57 Å². The van der Waals surface area contributed by atoms with Crippen LogP contribution in [0.5, 0.6) is 0 Å². The highest BCUT2D eigenvalue weighted by Gasteiger charge is 2.70. The Morgan fingerprint density at radius 1 is 0.846 bits per heavy atom. The first-order valence-electron chi connectivity index (χ1n) is 16.0. The van der Waals surface area contributed by atoms with E-state index < -0.39 is 11.4 Å². The number of esters is 1. The van der Waals surface area contributed by atoms with Crippen LogP contribution in [0.25, 0.3) is 0 Å². The Morgan fingerprint density at radius 3 is 2.21 bits per heavy atom. The molecule has 220 valence electrons. The molecule has 0 aromatic carbocycles. The Hall–Kier alpha value is -1.39. The third kappa shape index (κ3) is 4.17. The molecular weight excluding hydrogens is 486 g/mol. The van der Waals surface area contributed by atoms with Crippen molar-refractivity contribution in [3.8, 4) is 0 Å². The summed E-state index contributed by atoms with van der Waals surface area (Å²) in [6.07, 6.45) is 12.4. The number of carbonyl (C=O) groups excluding carboxylic acids is 2. The number of hydrogen-bond donors (Lipinski definition) is 0. The molecule has 0 unspecified atom stereocenters. The van der Waals surface area contributed by atoms with Gasteiger partial charge in [-0.3, -0.25) is 4.79 Å². The molecule has 5 aliphatic carbocycles. The number of carbonyl (C=O) groups is 2. The van der Waals surface area contributed by atoms with Gasteiger partial charge in [-0.15, -0.1) is 0 Å². The van der Waals surface area contributed by atoms with E-state index >= 15 is 0 Å². The van der Waals surface area contributed by atoms with Crippen molar-refractivity contribution in [1.29, 1.82) is 0 Å². The van der Waals surface area contributed by atoms with Crippen molar-refractivity contribution >= 4 is 17.7 Å². The van der Waals surface area contributed by atoms with Gasteiger partial charge in [0.15, 0.2) is 0 Å². The number of nitrogens with zero attached hydrogens (tertiary/aromatic N) is 1. The van der Waals surface area contributed by atoms with Crippen molar-refractivity contribution in [1.82, 2.24) is 0 Å². The second-order valence-corrected chi connectivity index (χ2v) is 16.1. The van der Waals surface area contributed by atoms with Crippen molar-refractivity contribution in [2.45, 2.75) is 127 Å². The lowest BCUT2D eigenvalue weighted by molar-refractivity contribution is -0.231. The zero-order valence-corrected chi connectivity index (χ0v) is 26.3. The van der Waals surface area contributed by atoms with Gasteiger partial charge in [0.2, 0.25) is 0 Å². The number of hydrogen-bond acceptors (Lipinski definition) is 5. The van der Waals surface area contributed by atoms with Crippen LogP contribution in [-0.2, 0) is 19.2 Å². The average molecular weight is 542 g/mol. The van der Waals surface area contributed by atoms with Crippen molar-refractivity contribution in [3.05, 3.63) is 0 Å². The fourth-order valence-corrected chi connectivity index (χ4v) is 12.1. The van der Waals surface area contributed by atoms with E-state index in [9.17, 15) is 9.59 Å². The minimum absolute atomic E-state index is 0.138. The molecule has 0 bridgehead atoms. The summed E-state index contributed by atoms with van der Waals surface area (Å²) >= 11 is 0. The maximum absolute atomic E-state index is 12.0. The third-order valence-corrected chi connectivity index (χ3v) is 14.2. The Kier molecular flexibility index (Phi) is 7.15. The number of oxime groups is 1. The molecule has 0 N–H and O–H groups in total. The smallest absolute Gasteiger partial charge is 0.331 e. The maximum Gasteiger partial charge on any atom is 0.331 e. The molecule has 0 aromatic rings. The number of rotatable bonds is 4. The molecule has 0 heterocycles. The Labute approximate surface area is 237 Å². The van der Waals surface area contributed by atoms with Gasteiger partial charge >= 0.3 is 11.9 Å². The zero-order chi connectivity index (χ0) is 28.6. The summed E-state index contributed by atoms with van der Waals surface area (Å²) in [4.78, 5) is 28.8. The highest BCUT2D eigenvalue weighted by molar-refractivity contribution is 5.91. The van der Waals surface area contributed by atoms with Gasteiger partial charge < -0.3 is 9.57 Å². The molecule has 5 saturated carbocycles. The summed E-state index contributed by atoms with van der Waals surface area (Å²) in [5.41, 5.74) is 1.80. The molecule has 10 atom stereocenters. The van der Waals surface area contributed by atoms with Crippen molar-refractivity contribution < 1.29 is 19.2 Å². The van der Waals surface area contributed by atoms with E-state index in [0.29, 0.717) is 34.7 Å². The second kappa shape index (κ2) is 9.58. The molecule has 0 saturated heterocycles. The fraction of sp³-hybridized carbons (Fsp3) is 0.912. The van der Waals surface area contributed by atoms with Crippen LogP contribution < -0.4 is 0 Å². The van der Waals surface area contributed by atoms with Crippen LogP contribution in [-0.4, -0.2) is 24.3 Å². The molecular formula is C34H55NO4. The molecule has 5 aliphatic rings. The molecule has 0 aliphatic heterocycles. The van der Waals surface area contributed by atoms with Gasteiger partial charge in [-0.25, -0.2) is 4.79 Å². The largest absolute Gasteiger partial charge is 0.465 e. The van der Waals surface area contributed by atoms with Crippen LogP contribution in [0.4, 0.5) is 0 Å². The first kappa shape index (κ1) is 29.1. The Morgan fingerprint density at radius 2 is 1.56 bits per heavy atom. The molecule has 5 rings (SSSR count). The molecule has 0 radical (unpaired) electrons. The first-order chi connectivity index (χ1) is 18.1. The highest BCUT2D eigenvalue weighted by atomic mass is 16.7. The van der Waals surface area contributed by atoms with E-state index in [1.807, 2.05) is 0 Å². The normalized spacial score (nSPS) is 50.0. The van der Waals surface area contributed by atoms with Crippen molar-refractivity contribution in [2.24, 2.45) is 67.7 Å². The van der Waals surface area contributed by atoms with Crippen molar-refractivity contribution in [2.75, 3.05) is 6.61 Å². The van der Waals surface area contributed by atoms with Gasteiger partial charge in [-0.05, 0) is 121 Å². The van der Waals surface area contributed by atoms with Crippen LogP contribution in [0.3, 0.4) is 0 Å². The zero-order valence-electron chi connectivity index (χ0n) is 26.3. The minimum atomic E-state index is -0.424. The van der Waals surface area contributed by atoms with E-state index in [2.05, 4.69) is 53.6 Å². The predicted molar refractivity (Wildman–Crippen MR) is 155 cm³/mol. The van der Waals surface area contributed by atoms with E-state index in [-0.39, 0.29) is 11.4 Å². The topological polar surface area (TPSA) is 65.0 Å². The van der Waals surface area contributed by atoms with Gasteiger partial charge in [0, 0.05) is 19.3 Å². The molecule has 0 spiro atoms. The Bertz CT molecular complexity index is 1040. The van der Waals surface area contributed by atoms with Crippen LogP contribution in [0.2, 0.25) is 0 Å². The van der Waals surface area contributed by atoms with Crippen LogP contribution >= 0.6 is 0 Å². The molecule has 0 aromatic heterocycles. The lowest BCUT2D eigenvalue weighted by Crippen LogP contribution is -2.67. The maximum atomic E-state index is 12.0. The monoisotopic (exact) mass is 541 g/mol. The first-order valence-corrected chi connectivity index (χ1v) is 16.0. The molecule has 5 fully saturated rings. The lowest BCUT2D eigenvalue weighted by atomic mass is 9.32. The van der Waals surface area contributed by atoms with Crippen molar-refractivity contribution in [3.63, 3.8) is 0 Å². The van der Waals surface area contributed by atoms with Gasteiger partial charge in [0.05, 0.1) is 5.71 Å². The minimum Gasteiger partial charge on any atom is -0.465 e. The summed E-state index contributed by atoms with van der Waals surface area (Å²) in [5, 5.41) is 4.38. The quantitative estimate of drug-likeness (QED) is 0.204. The van der Waals surface area contributed by atoms with Crippen LogP contribution in [0, 0.1) is 62.6 Å². The second-order valence-electron chi connectivity index (χ2n) is 16.1. The molecule has 39 heavy (non-hydrogen) atoms. The number of ether oxygens (including phenoxy) is 1. The highest BCUT2D eigenvalue weighted by Crippen LogP contribution is 2.77. The predicted octanol–water partition coefficient (Wildman–Crippen LogP) is 8.21. The van der Waals surface area contributed by atoms with Crippen LogP contribution in [0.1, 0.15) is 127 Å². The van der Waals surface area contributed by atoms with E-state index in [1.54, 1.807) is 0 Å². The summed E-state index contributed by atoms with van der Waals surface area (Å²) in [6, 6.07) is 0. The average Bonchev–Trinajstić information content (AvgIpc) is 3.20. The van der Waals surface area contributed by atoms with Crippen LogP contribution in [0.15, 0.2) is 5.16 Å². The summed E-state index contributed by atoms with van der Waals surface area (Å²) < 4.78 is 5.71. The third-order valence-electron chi connectivity index (χ3n) is 14.2. The standard InChI is InChI=1S/C34H55NO4/c1-21(2)24-12-15-30(5)18-19-33(8)25(29(24)30)10-11-27-31(6)16-14-28(35-39-23(4)37)32(7,20-38-22(3)36)26(31)13-17-34(27,33)9/h21,24-27,29H,10-20H2,1-9H3/b35-28+/t24-,25+,26+,27+,29+,30+,31-,32-,33+,34+/m0/s1. The summed E-state index contributed by atoms with van der Waals surface area (Å²) in [6.45, 7) is 20.9. The van der Waals surface area contributed by atoms with Gasteiger partial charge in [0.25, 0.3) is 0 Å². The van der Waals surface area contributed by atoms with Gasteiger partial charge in [-0.1, -0.05) is 53.6 Å².